The van der Waals surface area contributed by atoms with Gasteiger partial charge in [-0.3, -0.25) is 14.9 Å². The number of hydrogen-bond acceptors (Lipinski definition) is 3. The summed E-state index contributed by atoms with van der Waals surface area (Å²) in [5, 5.41) is 13.6. The van der Waals surface area contributed by atoms with Crippen LogP contribution >= 0.6 is 0 Å². The largest absolute Gasteiger partial charge is 0.327 e. The quantitative estimate of drug-likeness (QED) is 0.644. The van der Waals surface area contributed by atoms with Crippen LogP contribution in [0.2, 0.25) is 0 Å². The fraction of sp³-hybridized carbons (Fsp3) is 0.533. The first-order valence-electron chi connectivity index (χ1n) is 7.32. The first-order chi connectivity index (χ1) is 9.95. The molecule has 1 aliphatic rings. The first kappa shape index (κ1) is 15.4. The number of nitrogens with zero attached hydrogens (tertiary/aromatic N) is 1. The van der Waals surface area contributed by atoms with Crippen molar-refractivity contribution in [1.82, 2.24) is 0 Å². The van der Waals surface area contributed by atoms with Crippen LogP contribution in [-0.4, -0.2) is 30.5 Å². The standard InChI is InChI=1S/C15H21N3O3/c1-11-7-12(2)9-17(8-11)10-15(19)16-13-5-3-4-6-14(13)18(20)21/h3-6,11-12H,7-10H2,1-2H3,(H,16,19)/p+1/t11-,12+. The molecule has 6 heteroatoms. The summed E-state index contributed by atoms with van der Waals surface area (Å²) in [5.41, 5.74) is 0.200. The number of nitrogens with one attached hydrogen (secondary N) is 2. The third kappa shape index (κ3) is 4.26. The summed E-state index contributed by atoms with van der Waals surface area (Å²) in [7, 11) is 0. The van der Waals surface area contributed by atoms with Crippen LogP contribution in [-0.2, 0) is 4.79 Å². The van der Waals surface area contributed by atoms with Gasteiger partial charge in [0.25, 0.3) is 11.6 Å². The zero-order valence-corrected chi connectivity index (χ0v) is 12.5. The van der Waals surface area contributed by atoms with E-state index < -0.39 is 4.92 Å². The van der Waals surface area contributed by atoms with E-state index in [2.05, 4.69) is 19.2 Å². The Hall–Kier alpha value is -1.95. The number of benzene rings is 1. The van der Waals surface area contributed by atoms with Gasteiger partial charge in [0.15, 0.2) is 6.54 Å². The minimum atomic E-state index is -0.479. The Morgan fingerprint density at radius 1 is 1.33 bits per heavy atom. The zero-order chi connectivity index (χ0) is 15.4. The van der Waals surface area contributed by atoms with Gasteiger partial charge in [0.1, 0.15) is 5.69 Å². The van der Waals surface area contributed by atoms with Gasteiger partial charge in [0, 0.05) is 17.9 Å². The van der Waals surface area contributed by atoms with E-state index in [0.29, 0.717) is 18.4 Å². The average molecular weight is 292 g/mol. The van der Waals surface area contributed by atoms with Gasteiger partial charge in [-0.1, -0.05) is 26.0 Å². The smallest absolute Gasteiger partial charge is 0.292 e. The fourth-order valence-electron chi connectivity index (χ4n) is 3.23. The van der Waals surface area contributed by atoms with Crippen molar-refractivity contribution in [3.8, 4) is 0 Å². The Balaban J connectivity index is 1.97. The summed E-state index contributed by atoms with van der Waals surface area (Å²) in [6, 6.07) is 6.23. The number of hydrogen-bond donors (Lipinski definition) is 2. The summed E-state index contributed by atoms with van der Waals surface area (Å²) < 4.78 is 0. The monoisotopic (exact) mass is 292 g/mol. The molecule has 2 N–H and O–H groups in total. The van der Waals surface area contributed by atoms with Crippen LogP contribution in [0.4, 0.5) is 11.4 Å². The Kier molecular flexibility index (Phi) is 4.90. The van der Waals surface area contributed by atoms with Crippen LogP contribution < -0.4 is 10.2 Å². The van der Waals surface area contributed by atoms with Crippen molar-refractivity contribution >= 4 is 17.3 Å². The van der Waals surface area contributed by atoms with Gasteiger partial charge in [-0.2, -0.15) is 0 Å². The highest BCUT2D eigenvalue weighted by atomic mass is 16.6. The Morgan fingerprint density at radius 3 is 2.57 bits per heavy atom. The topological polar surface area (TPSA) is 76.7 Å². The van der Waals surface area contributed by atoms with E-state index >= 15 is 0 Å². The lowest BCUT2D eigenvalue weighted by Crippen LogP contribution is -3.15. The molecule has 0 aromatic heterocycles. The number of nitro groups is 1. The van der Waals surface area contributed by atoms with Crippen molar-refractivity contribution < 1.29 is 14.6 Å². The van der Waals surface area contributed by atoms with E-state index in [0.717, 1.165) is 13.1 Å². The van der Waals surface area contributed by atoms with Crippen LogP contribution in [0.15, 0.2) is 24.3 Å². The predicted octanol–water partition coefficient (Wildman–Crippen LogP) is 1.09. The Labute approximate surface area is 124 Å². The van der Waals surface area contributed by atoms with Crippen molar-refractivity contribution in [3.63, 3.8) is 0 Å². The van der Waals surface area contributed by atoms with E-state index in [9.17, 15) is 14.9 Å². The summed E-state index contributed by atoms with van der Waals surface area (Å²) in [6.45, 7) is 6.73. The number of quaternary nitrogens is 1. The molecular formula is C15H22N3O3+. The molecule has 0 spiro atoms. The van der Waals surface area contributed by atoms with Gasteiger partial charge < -0.3 is 10.2 Å². The zero-order valence-electron chi connectivity index (χ0n) is 12.5. The van der Waals surface area contributed by atoms with Gasteiger partial charge in [-0.25, -0.2) is 0 Å². The average Bonchev–Trinajstić information content (AvgIpc) is 2.37. The Morgan fingerprint density at radius 2 is 1.95 bits per heavy atom. The first-order valence-corrected chi connectivity index (χ1v) is 7.32. The number of anilines is 1. The molecule has 1 heterocycles. The molecule has 0 bridgehead atoms. The molecule has 0 aliphatic carbocycles. The third-order valence-electron chi connectivity index (χ3n) is 3.86. The van der Waals surface area contributed by atoms with Crippen molar-refractivity contribution in [2.75, 3.05) is 25.0 Å². The number of nitro benzene ring substituents is 1. The molecule has 1 unspecified atom stereocenters. The maximum atomic E-state index is 12.1. The van der Waals surface area contributed by atoms with Crippen LogP contribution in [0.1, 0.15) is 20.3 Å². The number of amides is 1. The van der Waals surface area contributed by atoms with Crippen LogP contribution in [0.5, 0.6) is 0 Å². The number of likely N-dealkylation sites (tertiary alicyclic amines) is 1. The molecular weight excluding hydrogens is 270 g/mol. The second kappa shape index (κ2) is 6.67. The predicted molar refractivity (Wildman–Crippen MR) is 80.2 cm³/mol. The van der Waals surface area contributed by atoms with E-state index in [1.807, 2.05) is 0 Å². The van der Waals surface area contributed by atoms with Gasteiger partial charge >= 0.3 is 0 Å². The molecule has 0 saturated carbocycles. The molecule has 1 aliphatic heterocycles. The van der Waals surface area contributed by atoms with Gasteiger partial charge in [-0.15, -0.1) is 0 Å². The van der Waals surface area contributed by atoms with E-state index in [-0.39, 0.29) is 17.3 Å². The normalized spacial score (nSPS) is 25.3. The van der Waals surface area contributed by atoms with E-state index in [1.54, 1.807) is 18.2 Å². The van der Waals surface area contributed by atoms with Gasteiger partial charge in [0.2, 0.25) is 0 Å². The molecule has 1 amide bonds. The lowest BCUT2D eigenvalue weighted by molar-refractivity contribution is -0.904. The molecule has 0 radical (unpaired) electrons. The number of carbonyl (C=O) groups is 1. The van der Waals surface area contributed by atoms with E-state index in [4.69, 9.17) is 0 Å². The number of rotatable bonds is 4. The molecule has 21 heavy (non-hydrogen) atoms. The molecule has 1 aromatic rings. The minimum Gasteiger partial charge on any atom is -0.327 e. The van der Waals surface area contributed by atoms with Crippen LogP contribution in [0.3, 0.4) is 0 Å². The van der Waals surface area contributed by atoms with Crippen molar-refractivity contribution in [1.29, 1.82) is 0 Å². The van der Waals surface area contributed by atoms with Crippen molar-refractivity contribution in [3.05, 3.63) is 34.4 Å². The molecule has 3 atom stereocenters. The number of carbonyl (C=O) groups excluding carboxylic acids is 1. The molecule has 1 aromatic carbocycles. The highest BCUT2D eigenvalue weighted by Crippen LogP contribution is 2.22. The molecule has 6 nitrogen and oxygen atoms in total. The molecule has 1 saturated heterocycles. The highest BCUT2D eigenvalue weighted by molar-refractivity contribution is 5.93. The highest BCUT2D eigenvalue weighted by Gasteiger charge is 2.27. The van der Waals surface area contributed by atoms with Gasteiger partial charge in [-0.05, 0) is 12.5 Å². The fourth-order valence-corrected chi connectivity index (χ4v) is 3.23. The Bertz CT molecular complexity index is 523. The van der Waals surface area contributed by atoms with Crippen molar-refractivity contribution in [2.24, 2.45) is 11.8 Å². The number of para-hydroxylation sites is 2. The second-order valence-electron chi connectivity index (χ2n) is 6.10. The van der Waals surface area contributed by atoms with Gasteiger partial charge in [0.05, 0.1) is 18.0 Å². The SMILES string of the molecule is C[C@@H]1C[C@H](C)C[NH+](CC(=O)Nc2ccccc2[N+](=O)[O-])C1. The van der Waals surface area contributed by atoms with E-state index in [1.165, 1.54) is 17.4 Å². The molecule has 1 fully saturated rings. The summed E-state index contributed by atoms with van der Waals surface area (Å²) in [4.78, 5) is 23.8. The number of piperidine rings is 1. The summed E-state index contributed by atoms with van der Waals surface area (Å²) >= 11 is 0. The lowest BCUT2D eigenvalue weighted by Gasteiger charge is -2.31. The van der Waals surface area contributed by atoms with Crippen LogP contribution in [0.25, 0.3) is 0 Å². The molecule has 114 valence electrons. The lowest BCUT2D eigenvalue weighted by atomic mass is 9.92. The second-order valence-corrected chi connectivity index (χ2v) is 6.10. The van der Waals surface area contributed by atoms with Crippen LogP contribution in [0, 0.1) is 22.0 Å². The third-order valence-corrected chi connectivity index (χ3v) is 3.86. The summed E-state index contributed by atoms with van der Waals surface area (Å²) in [5.74, 6) is 1.06. The molecule has 2 rings (SSSR count). The summed E-state index contributed by atoms with van der Waals surface area (Å²) in [6.07, 6.45) is 1.20. The van der Waals surface area contributed by atoms with Crippen molar-refractivity contribution in [2.45, 2.75) is 20.3 Å². The minimum absolute atomic E-state index is 0.0683. The maximum absolute atomic E-state index is 12.1. The maximum Gasteiger partial charge on any atom is 0.292 e.